The highest BCUT2D eigenvalue weighted by Gasteiger charge is 2.38. The molecule has 0 saturated heterocycles. The summed E-state index contributed by atoms with van der Waals surface area (Å²) in [6.07, 6.45) is 2.12. The first-order valence-corrected chi connectivity index (χ1v) is 10.5. The zero-order valence-electron chi connectivity index (χ0n) is 18.0. The van der Waals surface area contributed by atoms with Crippen LogP contribution in [0.25, 0.3) is 0 Å². The van der Waals surface area contributed by atoms with E-state index in [0.717, 1.165) is 11.1 Å². The largest absolute Gasteiger partial charge is 0.507 e. The van der Waals surface area contributed by atoms with Crippen molar-refractivity contribution in [3.05, 3.63) is 100 Å². The monoisotopic (exact) mass is 428 g/mol. The van der Waals surface area contributed by atoms with Gasteiger partial charge in [0.25, 0.3) is 0 Å². The Labute approximate surface area is 186 Å². The molecule has 0 bridgehead atoms. The number of aromatic hydroxyl groups is 2. The van der Waals surface area contributed by atoms with Gasteiger partial charge in [0.2, 0.25) is 5.78 Å². The Balaban J connectivity index is 2.02. The molecule has 5 nitrogen and oxygen atoms in total. The number of ketones is 1. The number of ether oxygens (including phenoxy) is 1. The Morgan fingerprint density at radius 1 is 1.00 bits per heavy atom. The van der Waals surface area contributed by atoms with Gasteiger partial charge in [-0.05, 0) is 25.8 Å². The molecule has 1 heterocycles. The molecule has 2 N–H and O–H groups in total. The third kappa shape index (κ3) is 3.89. The van der Waals surface area contributed by atoms with Gasteiger partial charge in [-0.3, -0.25) is 9.59 Å². The minimum absolute atomic E-state index is 0.0242. The van der Waals surface area contributed by atoms with Crippen molar-refractivity contribution in [3.8, 4) is 17.2 Å². The van der Waals surface area contributed by atoms with Crippen LogP contribution in [0.4, 0.5) is 0 Å². The van der Waals surface area contributed by atoms with Gasteiger partial charge >= 0.3 is 5.97 Å². The quantitative estimate of drug-likeness (QED) is 0.250. The summed E-state index contributed by atoms with van der Waals surface area (Å²) in [5.41, 5.74) is 2.66. The van der Waals surface area contributed by atoms with Crippen molar-refractivity contribution >= 4 is 11.8 Å². The number of phenolic OH excluding ortho intramolecular Hbond substituents is 2. The number of carbonyl (C=O) groups excluding carboxylic acids is 2. The van der Waals surface area contributed by atoms with E-state index in [1.54, 1.807) is 30.3 Å². The molecule has 0 unspecified atom stereocenters. The number of esters is 1. The van der Waals surface area contributed by atoms with Gasteiger partial charge in [-0.2, -0.15) is 0 Å². The van der Waals surface area contributed by atoms with Crippen molar-refractivity contribution in [2.75, 3.05) is 0 Å². The number of hydrogen-bond donors (Lipinski definition) is 2. The summed E-state index contributed by atoms with van der Waals surface area (Å²) >= 11 is 0. The van der Waals surface area contributed by atoms with Crippen LogP contribution in [0.2, 0.25) is 0 Å². The number of allylic oxidation sites excluding steroid dienone is 2. The second kappa shape index (κ2) is 8.71. The predicted octanol–water partition coefficient (Wildman–Crippen LogP) is 5.28. The summed E-state index contributed by atoms with van der Waals surface area (Å²) in [6.45, 7) is 3.83. The van der Waals surface area contributed by atoms with Crippen LogP contribution in [0.5, 0.6) is 17.2 Å². The maximum atomic E-state index is 13.4. The number of benzene rings is 3. The highest BCUT2D eigenvalue weighted by Crippen LogP contribution is 2.51. The van der Waals surface area contributed by atoms with Crippen LogP contribution < -0.4 is 4.74 Å². The first kappa shape index (κ1) is 21.4. The molecular formula is C27H24O5. The standard InChI is InChI=1S/C27H24O5/c1-16(2)13-14-19-25(30)22-20(17-9-5-3-6-10-17)15-21(28)32-27(22)23(26(19)31)24(29)18-11-7-4-8-12-18/h3-13,20,30-31H,14-15H2,1-2H3/t20-/m1/s1. The molecule has 3 aromatic carbocycles. The van der Waals surface area contributed by atoms with Crippen molar-refractivity contribution in [2.45, 2.75) is 32.6 Å². The molecule has 162 valence electrons. The van der Waals surface area contributed by atoms with Gasteiger partial charge in [0, 0.05) is 22.6 Å². The minimum Gasteiger partial charge on any atom is -0.507 e. The van der Waals surface area contributed by atoms with Gasteiger partial charge < -0.3 is 14.9 Å². The third-order valence-corrected chi connectivity index (χ3v) is 5.65. The normalized spacial score (nSPS) is 14.9. The lowest BCUT2D eigenvalue weighted by Crippen LogP contribution is -2.24. The molecular weight excluding hydrogens is 404 g/mol. The fourth-order valence-corrected chi connectivity index (χ4v) is 4.04. The van der Waals surface area contributed by atoms with Crippen molar-refractivity contribution in [3.63, 3.8) is 0 Å². The molecule has 1 aliphatic rings. The number of fused-ring (bicyclic) bond motifs is 1. The number of phenols is 2. The van der Waals surface area contributed by atoms with Crippen molar-refractivity contribution in [1.82, 2.24) is 0 Å². The van der Waals surface area contributed by atoms with Crippen LogP contribution in [0.1, 0.15) is 58.8 Å². The van der Waals surface area contributed by atoms with Gasteiger partial charge in [-0.1, -0.05) is 72.3 Å². The summed E-state index contributed by atoms with van der Waals surface area (Å²) in [5.74, 6) is -2.08. The summed E-state index contributed by atoms with van der Waals surface area (Å²) in [6, 6.07) is 17.8. The summed E-state index contributed by atoms with van der Waals surface area (Å²) in [4.78, 5) is 26.0. The van der Waals surface area contributed by atoms with E-state index in [0.29, 0.717) is 11.1 Å². The third-order valence-electron chi connectivity index (χ3n) is 5.65. The Morgan fingerprint density at radius 3 is 2.25 bits per heavy atom. The number of rotatable bonds is 5. The molecule has 1 aliphatic heterocycles. The fourth-order valence-electron chi connectivity index (χ4n) is 4.04. The van der Waals surface area contributed by atoms with Gasteiger partial charge in [0.15, 0.2) is 5.75 Å². The van der Waals surface area contributed by atoms with Crippen LogP contribution in [0.15, 0.2) is 72.3 Å². The molecule has 4 rings (SSSR count). The summed E-state index contributed by atoms with van der Waals surface area (Å²) in [7, 11) is 0. The lowest BCUT2D eigenvalue weighted by Gasteiger charge is -2.29. The molecule has 0 aromatic heterocycles. The Morgan fingerprint density at radius 2 is 1.62 bits per heavy atom. The van der Waals surface area contributed by atoms with E-state index in [9.17, 15) is 19.8 Å². The second-order valence-corrected chi connectivity index (χ2v) is 8.12. The maximum Gasteiger partial charge on any atom is 0.312 e. The van der Waals surface area contributed by atoms with E-state index in [-0.39, 0.29) is 41.2 Å². The minimum atomic E-state index is -0.524. The average molecular weight is 428 g/mol. The molecule has 0 spiro atoms. The van der Waals surface area contributed by atoms with Crippen LogP contribution in [0, 0.1) is 0 Å². The van der Waals surface area contributed by atoms with Crippen molar-refractivity contribution in [1.29, 1.82) is 0 Å². The van der Waals surface area contributed by atoms with E-state index < -0.39 is 17.7 Å². The lowest BCUT2D eigenvalue weighted by molar-refractivity contribution is -0.135. The zero-order valence-corrected chi connectivity index (χ0v) is 18.0. The summed E-state index contributed by atoms with van der Waals surface area (Å²) in [5, 5.41) is 22.3. The van der Waals surface area contributed by atoms with E-state index in [1.807, 2.05) is 50.3 Å². The van der Waals surface area contributed by atoms with E-state index in [4.69, 9.17) is 4.74 Å². The first-order valence-electron chi connectivity index (χ1n) is 10.5. The molecule has 5 heteroatoms. The fraction of sp³-hybridized carbons (Fsp3) is 0.185. The van der Waals surface area contributed by atoms with Gasteiger partial charge in [-0.25, -0.2) is 0 Å². The number of carbonyl (C=O) groups is 2. The molecule has 0 fully saturated rings. The van der Waals surface area contributed by atoms with Gasteiger partial charge in [0.05, 0.1) is 6.42 Å². The smallest absolute Gasteiger partial charge is 0.312 e. The molecule has 3 aromatic rings. The van der Waals surface area contributed by atoms with Crippen LogP contribution in [0.3, 0.4) is 0 Å². The topological polar surface area (TPSA) is 83.8 Å². The van der Waals surface area contributed by atoms with Crippen molar-refractivity contribution in [2.24, 2.45) is 0 Å². The van der Waals surface area contributed by atoms with E-state index in [1.165, 1.54) is 0 Å². The lowest BCUT2D eigenvalue weighted by atomic mass is 9.81. The van der Waals surface area contributed by atoms with E-state index in [2.05, 4.69) is 0 Å². The van der Waals surface area contributed by atoms with Gasteiger partial charge in [-0.15, -0.1) is 0 Å². The molecule has 0 saturated carbocycles. The Kier molecular flexibility index (Phi) is 5.82. The first-order chi connectivity index (χ1) is 15.4. The van der Waals surface area contributed by atoms with Gasteiger partial charge in [0.1, 0.15) is 17.1 Å². The Bertz CT molecular complexity index is 1210. The number of hydrogen-bond acceptors (Lipinski definition) is 5. The van der Waals surface area contributed by atoms with Crippen LogP contribution >= 0.6 is 0 Å². The molecule has 32 heavy (non-hydrogen) atoms. The second-order valence-electron chi connectivity index (χ2n) is 8.12. The average Bonchev–Trinajstić information content (AvgIpc) is 2.79. The predicted molar refractivity (Wildman–Crippen MR) is 121 cm³/mol. The van der Waals surface area contributed by atoms with Crippen molar-refractivity contribution < 1.29 is 24.5 Å². The van der Waals surface area contributed by atoms with E-state index >= 15 is 0 Å². The zero-order chi connectivity index (χ0) is 22.8. The molecule has 0 radical (unpaired) electrons. The highest BCUT2D eigenvalue weighted by molar-refractivity contribution is 6.14. The SMILES string of the molecule is CC(C)=CCc1c(O)c(C(=O)c2ccccc2)c2c(c1O)[C@@H](c1ccccc1)CC(=O)O2. The highest BCUT2D eigenvalue weighted by atomic mass is 16.5. The molecule has 0 amide bonds. The van der Waals surface area contributed by atoms with Crippen LogP contribution in [-0.4, -0.2) is 22.0 Å². The molecule has 0 aliphatic carbocycles. The summed E-state index contributed by atoms with van der Waals surface area (Å²) < 4.78 is 5.50. The maximum absolute atomic E-state index is 13.4. The molecule has 1 atom stereocenters. The Hall–Kier alpha value is -3.86. The van der Waals surface area contributed by atoms with Crippen LogP contribution in [-0.2, 0) is 11.2 Å².